The van der Waals surface area contributed by atoms with Crippen LogP contribution in [0.15, 0.2) is 59.0 Å². The van der Waals surface area contributed by atoms with E-state index in [0.29, 0.717) is 17.9 Å². The zero-order valence-corrected chi connectivity index (χ0v) is 18.9. The number of unbranched alkanes of at least 4 members (excludes halogenated alkanes) is 1. The molecule has 0 atom stereocenters. The van der Waals surface area contributed by atoms with Crippen molar-refractivity contribution in [1.82, 2.24) is 0 Å². The first-order chi connectivity index (χ1) is 15.0. The van der Waals surface area contributed by atoms with Crippen molar-refractivity contribution >= 4 is 0 Å². The Morgan fingerprint density at radius 2 is 1.47 bits per heavy atom. The Morgan fingerprint density at radius 1 is 0.844 bits per heavy atom. The molecular weight excluding hydrogens is 417 g/mol. The predicted octanol–water partition coefficient (Wildman–Crippen LogP) is 7.85. The van der Waals surface area contributed by atoms with Gasteiger partial charge >= 0.3 is 6.18 Å². The fraction of sp³-hybridized carbons (Fsp3) is 0.385. The summed E-state index contributed by atoms with van der Waals surface area (Å²) in [4.78, 5) is 0. The van der Waals surface area contributed by atoms with Crippen LogP contribution in [0.4, 0.5) is 13.2 Å². The minimum absolute atomic E-state index is 0.236. The SMILES string of the molecule is Cc1oc(-c2ccc(C(F)(F)F)cc2)cc1CCCCOc1ccc(OC(C)(C)C)cc1. The van der Waals surface area contributed by atoms with Crippen LogP contribution >= 0.6 is 0 Å². The Balaban J connectivity index is 1.46. The van der Waals surface area contributed by atoms with E-state index in [9.17, 15) is 13.2 Å². The van der Waals surface area contributed by atoms with Gasteiger partial charge in [-0.05, 0) is 95.0 Å². The molecule has 6 heteroatoms. The van der Waals surface area contributed by atoms with E-state index in [0.717, 1.165) is 54.2 Å². The lowest BCUT2D eigenvalue weighted by atomic mass is 10.1. The molecule has 3 rings (SSSR count). The molecule has 0 fully saturated rings. The van der Waals surface area contributed by atoms with Crippen LogP contribution in [0.2, 0.25) is 0 Å². The van der Waals surface area contributed by atoms with E-state index in [1.165, 1.54) is 12.1 Å². The lowest BCUT2D eigenvalue weighted by molar-refractivity contribution is -0.137. The quantitative estimate of drug-likeness (QED) is 0.330. The van der Waals surface area contributed by atoms with Crippen LogP contribution in [-0.2, 0) is 12.6 Å². The van der Waals surface area contributed by atoms with E-state index in [-0.39, 0.29) is 5.60 Å². The number of benzene rings is 2. The van der Waals surface area contributed by atoms with Gasteiger partial charge in [0.2, 0.25) is 0 Å². The first-order valence-corrected chi connectivity index (χ1v) is 10.7. The van der Waals surface area contributed by atoms with Gasteiger partial charge in [-0.2, -0.15) is 13.2 Å². The number of furan rings is 1. The molecule has 0 saturated carbocycles. The van der Waals surface area contributed by atoms with E-state index < -0.39 is 11.7 Å². The van der Waals surface area contributed by atoms with Crippen molar-refractivity contribution < 1.29 is 27.1 Å². The van der Waals surface area contributed by atoms with Gasteiger partial charge in [-0.3, -0.25) is 0 Å². The largest absolute Gasteiger partial charge is 0.494 e. The summed E-state index contributed by atoms with van der Waals surface area (Å²) in [5.74, 6) is 2.98. The van der Waals surface area contributed by atoms with Gasteiger partial charge in [0.05, 0.1) is 12.2 Å². The minimum atomic E-state index is -4.34. The highest BCUT2D eigenvalue weighted by atomic mass is 19.4. The highest BCUT2D eigenvalue weighted by Gasteiger charge is 2.30. The number of aryl methyl sites for hydroxylation is 2. The molecule has 0 bridgehead atoms. The monoisotopic (exact) mass is 446 g/mol. The molecule has 0 saturated heterocycles. The molecule has 32 heavy (non-hydrogen) atoms. The summed E-state index contributed by atoms with van der Waals surface area (Å²) in [6, 6.07) is 14.5. The smallest absolute Gasteiger partial charge is 0.416 e. The summed E-state index contributed by atoms with van der Waals surface area (Å²) in [6.45, 7) is 8.49. The van der Waals surface area contributed by atoms with Crippen molar-refractivity contribution in [2.45, 2.75) is 58.7 Å². The van der Waals surface area contributed by atoms with E-state index >= 15 is 0 Å². The number of rotatable bonds is 8. The van der Waals surface area contributed by atoms with Gasteiger partial charge in [0.1, 0.15) is 28.6 Å². The van der Waals surface area contributed by atoms with E-state index in [4.69, 9.17) is 13.9 Å². The van der Waals surface area contributed by atoms with Gasteiger partial charge in [-0.25, -0.2) is 0 Å². The van der Waals surface area contributed by atoms with Crippen molar-refractivity contribution in [3.8, 4) is 22.8 Å². The lowest BCUT2D eigenvalue weighted by Gasteiger charge is -2.21. The van der Waals surface area contributed by atoms with Crippen LogP contribution in [0.1, 0.15) is 50.5 Å². The molecule has 0 N–H and O–H groups in total. The van der Waals surface area contributed by atoms with Crippen LogP contribution in [-0.4, -0.2) is 12.2 Å². The van der Waals surface area contributed by atoms with Gasteiger partial charge in [-0.1, -0.05) is 12.1 Å². The summed E-state index contributed by atoms with van der Waals surface area (Å²) in [5, 5.41) is 0. The standard InChI is InChI=1S/C26H29F3O3/c1-18-20(17-24(31-18)19-8-10-21(11-9-19)26(27,28)29)7-5-6-16-30-22-12-14-23(15-13-22)32-25(2,3)4/h8-15,17H,5-7,16H2,1-4H3. The zero-order valence-electron chi connectivity index (χ0n) is 18.9. The molecule has 1 heterocycles. The average molecular weight is 447 g/mol. The van der Waals surface area contributed by atoms with E-state index in [2.05, 4.69) is 0 Å². The molecule has 0 aliphatic heterocycles. The normalized spacial score (nSPS) is 12.1. The number of alkyl halides is 3. The summed E-state index contributed by atoms with van der Waals surface area (Å²) in [7, 11) is 0. The van der Waals surface area contributed by atoms with Gasteiger partial charge in [-0.15, -0.1) is 0 Å². The molecule has 0 spiro atoms. The Morgan fingerprint density at radius 3 is 2.06 bits per heavy atom. The summed E-state index contributed by atoms with van der Waals surface area (Å²) < 4.78 is 55.6. The Bertz CT molecular complexity index is 995. The maximum absolute atomic E-state index is 12.7. The molecule has 0 unspecified atom stereocenters. The van der Waals surface area contributed by atoms with Gasteiger partial charge < -0.3 is 13.9 Å². The maximum atomic E-state index is 12.7. The number of hydrogen-bond acceptors (Lipinski definition) is 3. The molecule has 0 radical (unpaired) electrons. The molecule has 3 nitrogen and oxygen atoms in total. The molecule has 3 aromatic rings. The highest BCUT2D eigenvalue weighted by molar-refractivity contribution is 5.59. The second-order valence-corrected chi connectivity index (χ2v) is 8.76. The van der Waals surface area contributed by atoms with Crippen molar-refractivity contribution in [2.24, 2.45) is 0 Å². The van der Waals surface area contributed by atoms with Crippen molar-refractivity contribution in [3.63, 3.8) is 0 Å². The number of hydrogen-bond donors (Lipinski definition) is 0. The molecule has 1 aromatic heterocycles. The van der Waals surface area contributed by atoms with Crippen LogP contribution < -0.4 is 9.47 Å². The van der Waals surface area contributed by atoms with E-state index in [1.54, 1.807) is 0 Å². The van der Waals surface area contributed by atoms with Crippen LogP contribution in [0, 0.1) is 6.92 Å². The fourth-order valence-corrected chi connectivity index (χ4v) is 3.30. The topological polar surface area (TPSA) is 31.6 Å². The third kappa shape index (κ3) is 6.81. The maximum Gasteiger partial charge on any atom is 0.416 e. The van der Waals surface area contributed by atoms with Crippen molar-refractivity contribution in [3.05, 3.63) is 71.5 Å². The summed E-state index contributed by atoms with van der Waals surface area (Å²) in [6.07, 6.45) is -1.73. The van der Waals surface area contributed by atoms with Crippen molar-refractivity contribution in [2.75, 3.05) is 6.61 Å². The minimum Gasteiger partial charge on any atom is -0.494 e. The molecule has 2 aromatic carbocycles. The summed E-state index contributed by atoms with van der Waals surface area (Å²) >= 11 is 0. The molecule has 0 amide bonds. The fourth-order valence-electron chi connectivity index (χ4n) is 3.30. The van der Waals surface area contributed by atoms with Gasteiger partial charge in [0, 0.05) is 5.56 Å². The van der Waals surface area contributed by atoms with Gasteiger partial charge in [0.25, 0.3) is 0 Å². The summed E-state index contributed by atoms with van der Waals surface area (Å²) in [5.41, 5.74) is 0.791. The molecule has 172 valence electrons. The Hall–Kier alpha value is -2.89. The molecule has 0 aliphatic carbocycles. The molecular formula is C26H29F3O3. The average Bonchev–Trinajstić information content (AvgIpc) is 3.08. The predicted molar refractivity (Wildman–Crippen MR) is 119 cm³/mol. The van der Waals surface area contributed by atoms with Crippen molar-refractivity contribution in [1.29, 1.82) is 0 Å². The van der Waals surface area contributed by atoms with Crippen LogP contribution in [0.5, 0.6) is 11.5 Å². The van der Waals surface area contributed by atoms with Crippen LogP contribution in [0.3, 0.4) is 0 Å². The second kappa shape index (κ2) is 9.72. The first kappa shape index (κ1) is 23.8. The van der Waals surface area contributed by atoms with Gasteiger partial charge in [0.15, 0.2) is 0 Å². The lowest BCUT2D eigenvalue weighted by Crippen LogP contribution is -2.22. The third-order valence-corrected chi connectivity index (χ3v) is 4.87. The highest BCUT2D eigenvalue weighted by Crippen LogP contribution is 2.32. The second-order valence-electron chi connectivity index (χ2n) is 8.76. The van der Waals surface area contributed by atoms with Crippen LogP contribution in [0.25, 0.3) is 11.3 Å². The Labute approximate surface area is 187 Å². The van der Waals surface area contributed by atoms with E-state index in [1.807, 2.05) is 58.0 Å². The number of halogens is 3. The molecule has 0 aliphatic rings. The number of ether oxygens (including phenoxy) is 2. The third-order valence-electron chi connectivity index (χ3n) is 4.87. The first-order valence-electron chi connectivity index (χ1n) is 10.7. The zero-order chi connectivity index (χ0) is 23.4. The Kier molecular flexibility index (Phi) is 7.22.